The molecule has 1 aromatic heterocycles. The Kier molecular flexibility index (Phi) is 7.26. The Bertz CT molecular complexity index is 1360. The molecular weight excluding hydrogens is 497 g/mol. The van der Waals surface area contributed by atoms with E-state index in [2.05, 4.69) is 4.99 Å². The largest absolute Gasteiger partial charge is 0.506 e. The molecule has 0 fully saturated rings. The molecule has 1 aliphatic heterocycles. The van der Waals surface area contributed by atoms with E-state index in [0.29, 0.717) is 32.7 Å². The van der Waals surface area contributed by atoms with Crippen molar-refractivity contribution >= 4 is 58.0 Å². The van der Waals surface area contributed by atoms with Gasteiger partial charge in [-0.3, -0.25) is 4.79 Å². The smallest absolute Gasteiger partial charge is 0.344 e. The number of carbonyl (C=O) groups is 2. The first kappa shape index (κ1) is 23.9. The molecule has 9 heteroatoms. The van der Waals surface area contributed by atoms with Crippen LogP contribution >= 0.6 is 35.0 Å². The highest BCUT2D eigenvalue weighted by molar-refractivity contribution is 8.18. The summed E-state index contributed by atoms with van der Waals surface area (Å²) in [5.74, 6) is -0.804. The summed E-state index contributed by atoms with van der Waals surface area (Å²) >= 11 is 13.3. The minimum atomic E-state index is -0.777. The van der Waals surface area contributed by atoms with Gasteiger partial charge in [-0.05, 0) is 49.4 Å². The zero-order valence-electron chi connectivity index (χ0n) is 17.7. The summed E-state index contributed by atoms with van der Waals surface area (Å²) in [6.45, 7) is 1.74. The number of aliphatic imine (C=N–C) groups is 1. The lowest BCUT2D eigenvalue weighted by molar-refractivity contribution is -0.138. The van der Waals surface area contributed by atoms with Gasteiger partial charge in [0.05, 0.1) is 21.6 Å². The summed E-state index contributed by atoms with van der Waals surface area (Å²) in [7, 11) is 0. The van der Waals surface area contributed by atoms with Crippen molar-refractivity contribution in [2.45, 2.75) is 6.92 Å². The Balaban J connectivity index is 1.69. The van der Waals surface area contributed by atoms with E-state index in [0.717, 1.165) is 11.8 Å². The van der Waals surface area contributed by atoms with Gasteiger partial charge in [-0.25, -0.2) is 9.79 Å². The summed E-state index contributed by atoms with van der Waals surface area (Å²) in [5.41, 5.74) is 0.789. The first-order chi connectivity index (χ1) is 16.4. The van der Waals surface area contributed by atoms with E-state index in [-0.39, 0.29) is 27.9 Å². The molecule has 34 heavy (non-hydrogen) atoms. The molecule has 0 saturated carbocycles. The second-order valence-corrected chi connectivity index (χ2v) is 8.76. The average molecular weight is 514 g/mol. The average Bonchev–Trinajstić information content (AvgIpc) is 3.41. The minimum Gasteiger partial charge on any atom is -0.506 e. The van der Waals surface area contributed by atoms with Crippen LogP contribution in [0.5, 0.6) is 0 Å². The van der Waals surface area contributed by atoms with Crippen LogP contribution in [0.15, 0.2) is 86.3 Å². The van der Waals surface area contributed by atoms with Crippen molar-refractivity contribution in [1.29, 1.82) is 0 Å². The molecule has 172 valence electrons. The SMILES string of the molecule is CCOC(=O)C1=C(O)/C(=C/c2ccc(-c3cccc(Cl)c3Cl)o2)SC1=NC(=O)c1ccccc1. The number of aliphatic hydroxyl groups is 1. The van der Waals surface area contributed by atoms with E-state index in [1.54, 1.807) is 67.6 Å². The van der Waals surface area contributed by atoms with Crippen LogP contribution in [0.25, 0.3) is 17.4 Å². The van der Waals surface area contributed by atoms with Crippen LogP contribution in [0.4, 0.5) is 0 Å². The van der Waals surface area contributed by atoms with E-state index >= 15 is 0 Å². The predicted octanol–water partition coefficient (Wildman–Crippen LogP) is 6.96. The Morgan fingerprint density at radius 3 is 2.59 bits per heavy atom. The van der Waals surface area contributed by atoms with Gasteiger partial charge in [-0.15, -0.1) is 0 Å². The zero-order valence-corrected chi connectivity index (χ0v) is 20.1. The molecule has 0 spiro atoms. The van der Waals surface area contributed by atoms with Crippen molar-refractivity contribution in [2.75, 3.05) is 6.61 Å². The monoisotopic (exact) mass is 513 g/mol. The van der Waals surface area contributed by atoms with Crippen molar-refractivity contribution in [3.8, 4) is 11.3 Å². The second-order valence-electron chi connectivity index (χ2n) is 6.95. The van der Waals surface area contributed by atoms with Gasteiger partial charge in [0.15, 0.2) is 0 Å². The van der Waals surface area contributed by atoms with Crippen LogP contribution in [0.1, 0.15) is 23.0 Å². The fourth-order valence-electron chi connectivity index (χ4n) is 3.13. The highest BCUT2D eigenvalue weighted by Gasteiger charge is 2.34. The number of nitrogens with zero attached hydrogens (tertiary/aromatic N) is 1. The van der Waals surface area contributed by atoms with Gasteiger partial charge in [0.2, 0.25) is 0 Å². The number of esters is 1. The summed E-state index contributed by atoms with van der Waals surface area (Å²) in [6, 6.07) is 17.0. The fourth-order valence-corrected chi connectivity index (χ4v) is 4.51. The molecule has 0 bridgehead atoms. The molecule has 0 unspecified atom stereocenters. The van der Waals surface area contributed by atoms with Gasteiger partial charge in [-0.1, -0.05) is 59.2 Å². The highest BCUT2D eigenvalue weighted by atomic mass is 35.5. The molecular formula is C25H17Cl2NO5S. The van der Waals surface area contributed by atoms with E-state index in [1.165, 1.54) is 6.08 Å². The number of hydrogen-bond acceptors (Lipinski definition) is 6. The molecule has 3 aromatic rings. The lowest BCUT2D eigenvalue weighted by atomic mass is 10.2. The Morgan fingerprint density at radius 2 is 1.85 bits per heavy atom. The maximum atomic E-state index is 12.6. The summed E-state index contributed by atoms with van der Waals surface area (Å²) in [4.78, 5) is 29.5. The molecule has 2 aromatic carbocycles. The molecule has 6 nitrogen and oxygen atoms in total. The summed E-state index contributed by atoms with van der Waals surface area (Å²) < 4.78 is 10.9. The van der Waals surface area contributed by atoms with Crippen molar-refractivity contribution in [3.05, 3.63) is 98.3 Å². The Labute approximate surface area is 209 Å². The normalized spacial score (nSPS) is 15.9. The number of carbonyl (C=O) groups excluding carboxylic acids is 2. The molecule has 0 aliphatic carbocycles. The molecule has 0 atom stereocenters. The molecule has 1 aliphatic rings. The third-order valence-electron chi connectivity index (χ3n) is 4.71. The summed E-state index contributed by atoms with van der Waals surface area (Å²) in [6.07, 6.45) is 1.54. The van der Waals surface area contributed by atoms with Gasteiger partial charge < -0.3 is 14.3 Å². The maximum Gasteiger partial charge on any atom is 0.344 e. The van der Waals surface area contributed by atoms with Gasteiger partial charge in [0.25, 0.3) is 5.91 Å². The van der Waals surface area contributed by atoms with Gasteiger partial charge in [-0.2, -0.15) is 0 Å². The van der Waals surface area contributed by atoms with Gasteiger partial charge in [0.1, 0.15) is 27.9 Å². The number of ether oxygens (including phenoxy) is 1. The van der Waals surface area contributed by atoms with E-state index in [9.17, 15) is 14.7 Å². The quantitative estimate of drug-likeness (QED) is 0.371. The van der Waals surface area contributed by atoms with Gasteiger partial charge >= 0.3 is 5.97 Å². The molecule has 2 heterocycles. The molecule has 0 radical (unpaired) electrons. The number of aliphatic hydroxyl groups excluding tert-OH is 1. The second kappa shape index (κ2) is 10.3. The number of benzene rings is 2. The highest BCUT2D eigenvalue weighted by Crippen LogP contribution is 2.40. The van der Waals surface area contributed by atoms with Crippen LogP contribution in [0, 0.1) is 0 Å². The Morgan fingerprint density at radius 1 is 1.09 bits per heavy atom. The van der Waals surface area contributed by atoms with Crippen molar-refractivity contribution in [1.82, 2.24) is 0 Å². The summed E-state index contributed by atoms with van der Waals surface area (Å²) in [5, 5.41) is 11.6. The Hall–Kier alpha value is -3.26. The minimum absolute atomic E-state index is 0.0423. The third-order valence-corrected chi connectivity index (χ3v) is 6.55. The zero-order chi connectivity index (χ0) is 24.2. The molecule has 4 rings (SSSR count). The first-order valence-corrected chi connectivity index (χ1v) is 11.7. The number of amides is 1. The van der Waals surface area contributed by atoms with Crippen LogP contribution in [-0.2, 0) is 9.53 Å². The van der Waals surface area contributed by atoms with Crippen molar-refractivity contribution in [3.63, 3.8) is 0 Å². The van der Waals surface area contributed by atoms with E-state index in [4.69, 9.17) is 32.4 Å². The van der Waals surface area contributed by atoms with Crippen LogP contribution < -0.4 is 0 Å². The van der Waals surface area contributed by atoms with E-state index < -0.39 is 11.9 Å². The fraction of sp³-hybridized carbons (Fsp3) is 0.0800. The lowest BCUT2D eigenvalue weighted by Gasteiger charge is -2.03. The molecule has 0 saturated heterocycles. The number of furan rings is 1. The topological polar surface area (TPSA) is 89.1 Å². The standard InChI is InChI=1S/C25H17Cl2NO5S/c1-2-32-25(31)20-22(29)19(34-24(20)28-23(30)14-7-4-3-5-8-14)13-15-11-12-18(33-15)16-9-6-10-17(26)21(16)27/h3-13,29H,2H2,1H3/b19-13-,28-24?. The predicted molar refractivity (Wildman–Crippen MR) is 134 cm³/mol. The van der Waals surface area contributed by atoms with Gasteiger partial charge in [0, 0.05) is 11.1 Å². The molecule has 1 N–H and O–H groups in total. The number of hydrogen-bond donors (Lipinski definition) is 1. The first-order valence-electron chi connectivity index (χ1n) is 10.1. The molecule has 1 amide bonds. The van der Waals surface area contributed by atoms with Crippen molar-refractivity contribution < 1.29 is 23.8 Å². The van der Waals surface area contributed by atoms with Crippen molar-refractivity contribution in [2.24, 2.45) is 4.99 Å². The van der Waals surface area contributed by atoms with E-state index in [1.807, 2.05) is 0 Å². The number of rotatable bonds is 5. The number of halogens is 2. The lowest BCUT2D eigenvalue weighted by Crippen LogP contribution is -2.14. The maximum absolute atomic E-state index is 12.6. The number of thioether (sulfide) groups is 1. The van der Waals surface area contributed by atoms with Crippen LogP contribution in [-0.4, -0.2) is 28.6 Å². The third kappa shape index (κ3) is 4.97. The van der Waals surface area contributed by atoms with Crippen LogP contribution in [0.3, 0.4) is 0 Å². The van der Waals surface area contributed by atoms with Crippen LogP contribution in [0.2, 0.25) is 10.0 Å².